The highest BCUT2D eigenvalue weighted by Gasteiger charge is 2.42. The monoisotopic (exact) mass is 230 g/mol. The minimum Gasteiger partial charge on any atom is -0.380 e. The van der Waals surface area contributed by atoms with Crippen molar-refractivity contribution in [2.75, 3.05) is 39.5 Å². The van der Waals surface area contributed by atoms with Crippen LogP contribution in [-0.4, -0.2) is 55.5 Å². The van der Waals surface area contributed by atoms with Gasteiger partial charge in [-0.3, -0.25) is 4.90 Å². The van der Waals surface area contributed by atoms with Crippen molar-refractivity contribution in [3.63, 3.8) is 0 Å². The number of hydrogen-bond donors (Lipinski definition) is 1. The van der Waals surface area contributed by atoms with E-state index in [9.17, 15) is 0 Å². The second kappa shape index (κ2) is 5.45. The zero-order valence-corrected chi connectivity index (χ0v) is 11.1. The third-order valence-electron chi connectivity index (χ3n) is 3.35. The van der Waals surface area contributed by atoms with Crippen LogP contribution in [0.3, 0.4) is 0 Å². The summed E-state index contributed by atoms with van der Waals surface area (Å²) in [6.45, 7) is 13.1. The van der Waals surface area contributed by atoms with Gasteiger partial charge < -0.3 is 15.2 Å². The Bertz CT molecular complexity index is 221. The van der Waals surface area contributed by atoms with E-state index in [-0.39, 0.29) is 11.1 Å². The topological polar surface area (TPSA) is 47.7 Å². The molecule has 0 saturated carbocycles. The summed E-state index contributed by atoms with van der Waals surface area (Å²) in [5.74, 6) is 0. The van der Waals surface area contributed by atoms with Crippen molar-refractivity contribution >= 4 is 0 Å². The fourth-order valence-electron chi connectivity index (χ4n) is 2.43. The molecule has 1 atom stereocenters. The fraction of sp³-hybridized carbons (Fsp3) is 1.00. The lowest BCUT2D eigenvalue weighted by molar-refractivity contribution is -0.117. The zero-order valence-electron chi connectivity index (χ0n) is 11.1. The van der Waals surface area contributed by atoms with Crippen LogP contribution in [0.1, 0.15) is 27.7 Å². The van der Waals surface area contributed by atoms with E-state index < -0.39 is 0 Å². The molecule has 0 spiro atoms. The summed E-state index contributed by atoms with van der Waals surface area (Å²) in [6, 6.07) is 0. The Hall–Kier alpha value is -0.160. The Morgan fingerprint density at radius 3 is 2.69 bits per heavy atom. The van der Waals surface area contributed by atoms with Gasteiger partial charge in [-0.05, 0) is 27.7 Å². The quantitative estimate of drug-likeness (QED) is 0.760. The van der Waals surface area contributed by atoms with Crippen LogP contribution in [0, 0.1) is 0 Å². The van der Waals surface area contributed by atoms with Gasteiger partial charge >= 0.3 is 0 Å². The number of hydrogen-bond acceptors (Lipinski definition) is 4. The summed E-state index contributed by atoms with van der Waals surface area (Å²) >= 11 is 0. The summed E-state index contributed by atoms with van der Waals surface area (Å²) < 4.78 is 11.1. The van der Waals surface area contributed by atoms with Crippen molar-refractivity contribution in [2.45, 2.75) is 38.8 Å². The smallest absolute Gasteiger partial charge is 0.0660 e. The average Bonchev–Trinajstić information content (AvgIpc) is 2.25. The van der Waals surface area contributed by atoms with Crippen LogP contribution in [0.25, 0.3) is 0 Å². The number of nitrogens with zero attached hydrogens (tertiary/aromatic N) is 1. The largest absolute Gasteiger partial charge is 0.380 e. The number of morpholine rings is 1. The molecule has 0 aromatic carbocycles. The molecular weight excluding hydrogens is 204 g/mol. The maximum atomic E-state index is 5.94. The molecule has 0 aliphatic carbocycles. The van der Waals surface area contributed by atoms with Crippen LogP contribution >= 0.6 is 0 Å². The predicted octanol–water partition coefficient (Wildman–Crippen LogP) is 0.851. The van der Waals surface area contributed by atoms with E-state index in [0.717, 1.165) is 26.4 Å². The maximum absolute atomic E-state index is 5.94. The molecule has 1 unspecified atom stereocenters. The van der Waals surface area contributed by atoms with E-state index in [1.54, 1.807) is 0 Å². The summed E-state index contributed by atoms with van der Waals surface area (Å²) in [7, 11) is 0. The van der Waals surface area contributed by atoms with Crippen LogP contribution in [0.15, 0.2) is 0 Å². The molecule has 1 saturated heterocycles. The number of rotatable bonds is 5. The normalized spacial score (nSPS) is 25.3. The summed E-state index contributed by atoms with van der Waals surface area (Å²) in [4.78, 5) is 2.43. The van der Waals surface area contributed by atoms with Crippen LogP contribution in [-0.2, 0) is 9.47 Å². The molecule has 4 heteroatoms. The first-order valence-corrected chi connectivity index (χ1v) is 6.09. The molecule has 1 fully saturated rings. The predicted molar refractivity (Wildman–Crippen MR) is 65.6 cm³/mol. The molecule has 2 N–H and O–H groups in total. The van der Waals surface area contributed by atoms with Gasteiger partial charge in [-0.15, -0.1) is 0 Å². The summed E-state index contributed by atoms with van der Waals surface area (Å²) in [5, 5.41) is 0. The van der Waals surface area contributed by atoms with E-state index >= 15 is 0 Å². The van der Waals surface area contributed by atoms with Gasteiger partial charge in [0.05, 0.1) is 25.4 Å². The summed E-state index contributed by atoms with van der Waals surface area (Å²) in [6.07, 6.45) is 0. The third kappa shape index (κ3) is 2.94. The second-order valence-electron chi connectivity index (χ2n) is 5.35. The lowest BCUT2D eigenvalue weighted by Crippen LogP contribution is -2.66. The van der Waals surface area contributed by atoms with E-state index in [2.05, 4.69) is 25.7 Å². The van der Waals surface area contributed by atoms with Crippen LogP contribution < -0.4 is 5.73 Å². The van der Waals surface area contributed by atoms with Crippen LogP contribution in [0.4, 0.5) is 0 Å². The first kappa shape index (κ1) is 13.9. The molecule has 16 heavy (non-hydrogen) atoms. The molecule has 4 nitrogen and oxygen atoms in total. The molecule has 0 amide bonds. The minimum absolute atomic E-state index is 0.0312. The Kier molecular flexibility index (Phi) is 4.73. The summed E-state index contributed by atoms with van der Waals surface area (Å²) in [5.41, 5.74) is 5.87. The molecule has 0 bridgehead atoms. The molecule has 0 radical (unpaired) electrons. The second-order valence-corrected chi connectivity index (χ2v) is 5.35. The fourth-order valence-corrected chi connectivity index (χ4v) is 2.43. The first-order chi connectivity index (χ1) is 7.46. The van der Waals surface area contributed by atoms with Gasteiger partial charge in [0, 0.05) is 25.2 Å². The molecule has 96 valence electrons. The third-order valence-corrected chi connectivity index (χ3v) is 3.35. The highest BCUT2D eigenvalue weighted by atomic mass is 16.5. The molecule has 0 aromatic heterocycles. The first-order valence-electron chi connectivity index (χ1n) is 6.09. The Labute approximate surface area is 99.1 Å². The van der Waals surface area contributed by atoms with Crippen LogP contribution in [0.2, 0.25) is 0 Å². The Balaban J connectivity index is 2.76. The molecule has 1 aliphatic rings. The molecular formula is C12H26N2O2. The minimum atomic E-state index is -0.0940. The van der Waals surface area contributed by atoms with E-state index in [0.29, 0.717) is 13.2 Å². The highest BCUT2D eigenvalue weighted by molar-refractivity contribution is 4.97. The van der Waals surface area contributed by atoms with Gasteiger partial charge in [-0.1, -0.05) is 0 Å². The zero-order chi connectivity index (χ0) is 12.2. The standard InChI is InChI=1S/C12H26N2O2/c1-5-15-10-12(4,8-13)14-6-7-16-9-11(14,2)3/h5-10,13H2,1-4H3. The van der Waals surface area contributed by atoms with Gasteiger partial charge in [0.15, 0.2) is 0 Å². The van der Waals surface area contributed by atoms with Crippen LogP contribution in [0.5, 0.6) is 0 Å². The van der Waals surface area contributed by atoms with E-state index in [1.165, 1.54) is 0 Å². The van der Waals surface area contributed by atoms with Crippen molar-refractivity contribution < 1.29 is 9.47 Å². The lowest BCUT2D eigenvalue weighted by Gasteiger charge is -2.51. The van der Waals surface area contributed by atoms with Crippen molar-refractivity contribution in [3.05, 3.63) is 0 Å². The van der Waals surface area contributed by atoms with Crippen molar-refractivity contribution in [2.24, 2.45) is 5.73 Å². The SMILES string of the molecule is CCOCC(C)(CN)N1CCOCC1(C)C. The van der Waals surface area contributed by atoms with E-state index in [4.69, 9.17) is 15.2 Å². The lowest BCUT2D eigenvalue weighted by atomic mass is 9.91. The molecule has 1 rings (SSSR count). The number of ether oxygens (including phenoxy) is 2. The molecule has 0 aromatic rings. The molecule has 1 heterocycles. The van der Waals surface area contributed by atoms with Crippen molar-refractivity contribution in [1.82, 2.24) is 4.90 Å². The highest BCUT2D eigenvalue weighted by Crippen LogP contribution is 2.28. The van der Waals surface area contributed by atoms with Gasteiger partial charge in [-0.2, -0.15) is 0 Å². The molecule has 1 aliphatic heterocycles. The Morgan fingerprint density at radius 2 is 2.19 bits per heavy atom. The van der Waals surface area contributed by atoms with Gasteiger partial charge in [0.25, 0.3) is 0 Å². The Morgan fingerprint density at radius 1 is 1.50 bits per heavy atom. The van der Waals surface area contributed by atoms with Crippen molar-refractivity contribution in [1.29, 1.82) is 0 Å². The average molecular weight is 230 g/mol. The van der Waals surface area contributed by atoms with Gasteiger partial charge in [0.2, 0.25) is 0 Å². The number of nitrogens with two attached hydrogens (primary N) is 1. The van der Waals surface area contributed by atoms with Crippen molar-refractivity contribution in [3.8, 4) is 0 Å². The van der Waals surface area contributed by atoms with E-state index in [1.807, 2.05) is 6.92 Å². The van der Waals surface area contributed by atoms with Gasteiger partial charge in [-0.25, -0.2) is 0 Å². The van der Waals surface area contributed by atoms with Gasteiger partial charge in [0.1, 0.15) is 0 Å². The maximum Gasteiger partial charge on any atom is 0.0660 e.